The van der Waals surface area contributed by atoms with Gasteiger partial charge >= 0.3 is 5.97 Å². The molecule has 1 atom stereocenters. The summed E-state index contributed by atoms with van der Waals surface area (Å²) in [5.74, 6) is -0.769. The van der Waals surface area contributed by atoms with Crippen LogP contribution in [0.4, 0.5) is 0 Å². The summed E-state index contributed by atoms with van der Waals surface area (Å²) in [6.07, 6.45) is 2.70. The van der Waals surface area contributed by atoms with Gasteiger partial charge in [0.15, 0.2) is 0 Å². The molecule has 0 spiro atoms. The lowest BCUT2D eigenvalue weighted by Gasteiger charge is -2.38. The van der Waals surface area contributed by atoms with Crippen LogP contribution in [0.1, 0.15) is 31.7 Å². The van der Waals surface area contributed by atoms with Gasteiger partial charge in [0.25, 0.3) is 0 Å². The molecule has 98 valence electrons. The molecule has 1 aromatic rings. The molecule has 1 N–H and O–H groups in total. The van der Waals surface area contributed by atoms with Gasteiger partial charge in [-0.1, -0.05) is 30.7 Å². The highest BCUT2D eigenvalue weighted by Gasteiger charge is 2.45. The van der Waals surface area contributed by atoms with Crippen molar-refractivity contribution in [1.82, 2.24) is 4.90 Å². The SMILES string of the molecule is CCC(C(=O)O)(c1ccc(Cl)cc1)N1CCCC1. The Morgan fingerprint density at radius 2 is 1.89 bits per heavy atom. The number of benzene rings is 1. The smallest absolute Gasteiger partial charge is 0.328 e. The second-order valence-corrected chi connectivity index (χ2v) is 5.16. The third-order valence-corrected chi connectivity index (χ3v) is 4.09. The van der Waals surface area contributed by atoms with Crippen molar-refractivity contribution in [2.75, 3.05) is 13.1 Å². The summed E-state index contributed by atoms with van der Waals surface area (Å²) >= 11 is 5.88. The quantitative estimate of drug-likeness (QED) is 0.911. The number of rotatable bonds is 4. The van der Waals surface area contributed by atoms with Crippen LogP contribution in [0.5, 0.6) is 0 Å². The number of carboxylic acid groups (broad SMARTS) is 1. The summed E-state index contributed by atoms with van der Waals surface area (Å²) in [6, 6.07) is 7.19. The fourth-order valence-corrected chi connectivity index (χ4v) is 2.97. The molecule has 0 saturated carbocycles. The molecule has 4 heteroatoms. The van der Waals surface area contributed by atoms with Crippen molar-refractivity contribution >= 4 is 17.6 Å². The Kier molecular flexibility index (Phi) is 3.93. The van der Waals surface area contributed by atoms with E-state index in [2.05, 4.69) is 4.90 Å². The number of hydrogen-bond donors (Lipinski definition) is 1. The number of carboxylic acids is 1. The number of carbonyl (C=O) groups is 1. The van der Waals surface area contributed by atoms with Gasteiger partial charge in [0, 0.05) is 5.02 Å². The van der Waals surface area contributed by atoms with Crippen LogP contribution in [0.15, 0.2) is 24.3 Å². The average molecular weight is 268 g/mol. The van der Waals surface area contributed by atoms with E-state index in [-0.39, 0.29) is 0 Å². The minimum absolute atomic E-state index is 0.559. The third kappa shape index (κ3) is 2.13. The average Bonchev–Trinajstić information content (AvgIpc) is 2.87. The van der Waals surface area contributed by atoms with Crippen LogP contribution in [0.3, 0.4) is 0 Å². The molecule has 1 aliphatic heterocycles. The fraction of sp³-hybridized carbons (Fsp3) is 0.500. The van der Waals surface area contributed by atoms with Gasteiger partial charge in [-0.05, 0) is 50.0 Å². The van der Waals surface area contributed by atoms with Gasteiger partial charge < -0.3 is 5.11 Å². The fourth-order valence-electron chi connectivity index (χ4n) is 2.84. The molecule has 2 rings (SSSR count). The van der Waals surface area contributed by atoms with Crippen LogP contribution in [-0.4, -0.2) is 29.1 Å². The molecule has 0 amide bonds. The second-order valence-electron chi connectivity index (χ2n) is 4.72. The molecule has 18 heavy (non-hydrogen) atoms. The van der Waals surface area contributed by atoms with Gasteiger partial charge in [0.2, 0.25) is 0 Å². The van der Waals surface area contributed by atoms with E-state index in [1.54, 1.807) is 12.1 Å². The number of nitrogens with zero attached hydrogens (tertiary/aromatic N) is 1. The third-order valence-electron chi connectivity index (χ3n) is 3.83. The first-order valence-electron chi connectivity index (χ1n) is 6.35. The van der Waals surface area contributed by atoms with Crippen LogP contribution in [0.25, 0.3) is 0 Å². The Hall–Kier alpha value is -1.06. The van der Waals surface area contributed by atoms with Crippen molar-refractivity contribution in [3.8, 4) is 0 Å². The lowest BCUT2D eigenvalue weighted by Crippen LogP contribution is -2.50. The van der Waals surface area contributed by atoms with Crippen molar-refractivity contribution in [2.24, 2.45) is 0 Å². The van der Waals surface area contributed by atoms with Crippen LogP contribution in [-0.2, 0) is 10.3 Å². The summed E-state index contributed by atoms with van der Waals surface area (Å²) in [5, 5.41) is 10.4. The first-order chi connectivity index (χ1) is 8.61. The van der Waals surface area contributed by atoms with E-state index < -0.39 is 11.5 Å². The summed E-state index contributed by atoms with van der Waals surface area (Å²) in [5.41, 5.74) is -0.0787. The number of aliphatic carboxylic acids is 1. The molecule has 1 saturated heterocycles. The van der Waals surface area contributed by atoms with Gasteiger partial charge in [-0.2, -0.15) is 0 Å². The summed E-state index contributed by atoms with van der Waals surface area (Å²) < 4.78 is 0. The van der Waals surface area contributed by atoms with Crippen molar-refractivity contribution in [3.63, 3.8) is 0 Å². The maximum atomic E-state index is 11.9. The minimum atomic E-state index is -0.902. The van der Waals surface area contributed by atoms with Gasteiger partial charge in [-0.3, -0.25) is 4.90 Å². The van der Waals surface area contributed by atoms with Crippen LogP contribution in [0.2, 0.25) is 5.02 Å². The van der Waals surface area contributed by atoms with E-state index in [0.29, 0.717) is 11.4 Å². The Bertz CT molecular complexity index is 426. The molecular weight excluding hydrogens is 250 g/mol. The predicted octanol–water partition coefficient (Wildman–Crippen LogP) is 3.13. The Morgan fingerprint density at radius 1 is 1.33 bits per heavy atom. The van der Waals surface area contributed by atoms with Crippen molar-refractivity contribution in [1.29, 1.82) is 0 Å². The Labute approximate surface area is 112 Å². The number of hydrogen-bond acceptors (Lipinski definition) is 2. The molecule has 1 heterocycles. The van der Waals surface area contributed by atoms with Crippen LogP contribution < -0.4 is 0 Å². The van der Waals surface area contributed by atoms with Gasteiger partial charge in [-0.25, -0.2) is 4.79 Å². The molecule has 0 radical (unpaired) electrons. The first-order valence-corrected chi connectivity index (χ1v) is 6.73. The lowest BCUT2D eigenvalue weighted by atomic mass is 9.85. The molecule has 0 bridgehead atoms. The van der Waals surface area contributed by atoms with E-state index in [4.69, 9.17) is 11.6 Å². The van der Waals surface area contributed by atoms with Crippen LogP contribution >= 0.6 is 11.6 Å². The van der Waals surface area contributed by atoms with E-state index in [9.17, 15) is 9.90 Å². The minimum Gasteiger partial charge on any atom is -0.480 e. The van der Waals surface area contributed by atoms with Crippen molar-refractivity contribution in [2.45, 2.75) is 31.7 Å². The van der Waals surface area contributed by atoms with E-state index >= 15 is 0 Å². The van der Waals surface area contributed by atoms with E-state index in [1.165, 1.54) is 0 Å². The van der Waals surface area contributed by atoms with Gasteiger partial charge in [0.1, 0.15) is 5.54 Å². The number of halogens is 1. The first kappa shape index (κ1) is 13.4. The van der Waals surface area contributed by atoms with E-state index in [1.807, 2.05) is 19.1 Å². The highest BCUT2D eigenvalue weighted by Crippen LogP contribution is 2.35. The molecule has 1 unspecified atom stereocenters. The Balaban J connectivity index is 2.46. The molecule has 3 nitrogen and oxygen atoms in total. The predicted molar refractivity (Wildman–Crippen MR) is 71.9 cm³/mol. The van der Waals surface area contributed by atoms with Crippen molar-refractivity contribution in [3.05, 3.63) is 34.9 Å². The molecule has 0 aromatic heterocycles. The maximum Gasteiger partial charge on any atom is 0.328 e. The monoisotopic (exact) mass is 267 g/mol. The van der Waals surface area contributed by atoms with E-state index in [0.717, 1.165) is 31.5 Å². The second kappa shape index (κ2) is 5.29. The van der Waals surface area contributed by atoms with Crippen molar-refractivity contribution < 1.29 is 9.90 Å². The summed E-state index contributed by atoms with van der Waals surface area (Å²) in [6.45, 7) is 3.63. The van der Waals surface area contributed by atoms with Gasteiger partial charge in [-0.15, -0.1) is 0 Å². The maximum absolute atomic E-state index is 11.9. The van der Waals surface area contributed by atoms with Gasteiger partial charge in [0.05, 0.1) is 0 Å². The molecular formula is C14H18ClNO2. The molecule has 1 aliphatic rings. The van der Waals surface area contributed by atoms with Crippen LogP contribution in [0, 0.1) is 0 Å². The molecule has 1 aromatic carbocycles. The Morgan fingerprint density at radius 3 is 2.33 bits per heavy atom. The molecule has 0 aliphatic carbocycles. The topological polar surface area (TPSA) is 40.5 Å². The molecule has 1 fully saturated rings. The number of likely N-dealkylation sites (tertiary alicyclic amines) is 1. The normalized spacial score (nSPS) is 19.7. The highest BCUT2D eigenvalue weighted by atomic mass is 35.5. The zero-order valence-electron chi connectivity index (χ0n) is 10.5. The summed E-state index contributed by atoms with van der Waals surface area (Å²) in [4.78, 5) is 13.9. The standard InChI is InChI=1S/C14H18ClNO2/c1-2-14(13(17)18,16-9-3-4-10-16)11-5-7-12(15)8-6-11/h5-8H,2-4,9-10H2,1H3,(H,17,18). The lowest BCUT2D eigenvalue weighted by molar-refractivity contribution is -0.152. The zero-order valence-corrected chi connectivity index (χ0v) is 11.3. The highest BCUT2D eigenvalue weighted by molar-refractivity contribution is 6.30. The summed E-state index contributed by atoms with van der Waals surface area (Å²) in [7, 11) is 0. The largest absolute Gasteiger partial charge is 0.480 e. The zero-order chi connectivity index (χ0) is 13.2.